The minimum Gasteiger partial charge on any atom is -0.442 e. The number of anilines is 1. The van der Waals surface area contributed by atoms with Crippen molar-refractivity contribution in [3.8, 4) is 6.07 Å². The molecule has 32 heavy (non-hydrogen) atoms. The molecule has 2 aromatic rings. The minimum absolute atomic E-state index is 0.396. The van der Waals surface area contributed by atoms with Crippen LogP contribution in [0, 0.1) is 11.3 Å². The third-order valence-electron chi connectivity index (χ3n) is 5.22. The molecule has 0 amide bonds. The maximum atomic E-state index is 12.8. The summed E-state index contributed by atoms with van der Waals surface area (Å²) in [7, 11) is 0. The molecule has 0 fully saturated rings. The summed E-state index contributed by atoms with van der Waals surface area (Å²) in [5.74, 6) is 0.126. The highest BCUT2D eigenvalue weighted by atomic mass is 35.5. The van der Waals surface area contributed by atoms with Gasteiger partial charge in [-0.25, -0.2) is 4.79 Å². The van der Waals surface area contributed by atoms with Gasteiger partial charge in [-0.1, -0.05) is 70.3 Å². The second-order valence-electron chi connectivity index (χ2n) is 8.38. The van der Waals surface area contributed by atoms with Crippen molar-refractivity contribution >= 4 is 23.5 Å². The van der Waals surface area contributed by atoms with Crippen molar-refractivity contribution in [2.45, 2.75) is 78.7 Å². The number of fused-ring (bicyclic) bond motifs is 1. The molecule has 0 spiro atoms. The van der Waals surface area contributed by atoms with Gasteiger partial charge in [0.1, 0.15) is 11.4 Å². The first-order valence-electron chi connectivity index (χ1n) is 11.2. The monoisotopic (exact) mass is 456 g/mol. The molecule has 1 aliphatic rings. The number of hydrogen-bond acceptors (Lipinski definition) is 5. The molecule has 6 nitrogen and oxygen atoms in total. The zero-order valence-corrected chi connectivity index (χ0v) is 20.6. The topological polar surface area (TPSA) is 79.9 Å². The van der Waals surface area contributed by atoms with E-state index >= 15 is 0 Å². The first kappa shape index (κ1) is 25.5. The van der Waals surface area contributed by atoms with Crippen LogP contribution in [0.3, 0.4) is 0 Å². The third-order valence-corrected chi connectivity index (χ3v) is 5.56. The van der Waals surface area contributed by atoms with Crippen LogP contribution in [-0.2, 0) is 4.74 Å². The summed E-state index contributed by atoms with van der Waals surface area (Å²) < 4.78 is 6.86. The highest BCUT2D eigenvalue weighted by molar-refractivity contribution is 6.31. The van der Waals surface area contributed by atoms with Crippen LogP contribution >= 0.6 is 11.6 Å². The Hall–Kier alpha value is -2.78. The molecule has 0 saturated carbocycles. The van der Waals surface area contributed by atoms with E-state index in [0.717, 1.165) is 23.2 Å². The molecular weight excluding hydrogens is 424 g/mol. The Kier molecular flexibility index (Phi) is 8.91. The van der Waals surface area contributed by atoms with Crippen molar-refractivity contribution in [3.05, 3.63) is 57.9 Å². The fourth-order valence-corrected chi connectivity index (χ4v) is 3.58. The lowest BCUT2D eigenvalue weighted by molar-refractivity contribution is 0.0355. The van der Waals surface area contributed by atoms with Crippen LogP contribution < -0.4 is 5.32 Å². The maximum absolute atomic E-state index is 12.8. The Balaban J connectivity index is 0.00000114. The SMILES string of the molecule is CCC.CCCC1=C(C#N)C(c2ccccc2Cl)c2cnn(C(=O)OC(C)(C)CC)c2N1. The lowest BCUT2D eigenvalue weighted by Crippen LogP contribution is -2.31. The Morgan fingerprint density at radius 2 is 1.91 bits per heavy atom. The van der Waals surface area contributed by atoms with Gasteiger partial charge >= 0.3 is 6.09 Å². The molecule has 172 valence electrons. The lowest BCUT2D eigenvalue weighted by atomic mass is 9.82. The van der Waals surface area contributed by atoms with Gasteiger partial charge in [-0.2, -0.15) is 10.4 Å². The predicted molar refractivity (Wildman–Crippen MR) is 129 cm³/mol. The highest BCUT2D eigenvalue weighted by Gasteiger charge is 2.35. The molecule has 7 heteroatoms. The Morgan fingerprint density at radius 1 is 1.25 bits per heavy atom. The van der Waals surface area contributed by atoms with Gasteiger partial charge < -0.3 is 10.1 Å². The second kappa shape index (κ2) is 11.2. The fraction of sp³-hybridized carbons (Fsp3) is 0.480. The number of nitrogens with zero attached hydrogens (tertiary/aromatic N) is 3. The van der Waals surface area contributed by atoms with E-state index in [4.69, 9.17) is 16.3 Å². The number of carbonyl (C=O) groups excluding carboxylic acids is 1. The van der Waals surface area contributed by atoms with E-state index in [9.17, 15) is 10.1 Å². The van der Waals surface area contributed by atoms with Crippen LogP contribution in [0.4, 0.5) is 10.6 Å². The third kappa shape index (κ3) is 5.52. The smallest absolute Gasteiger partial charge is 0.437 e. The van der Waals surface area contributed by atoms with E-state index in [-0.39, 0.29) is 0 Å². The quantitative estimate of drug-likeness (QED) is 0.511. The summed E-state index contributed by atoms with van der Waals surface area (Å²) in [5, 5.41) is 18.0. The van der Waals surface area contributed by atoms with Crippen LogP contribution in [0.1, 0.15) is 84.3 Å². The minimum atomic E-state index is -0.605. The van der Waals surface area contributed by atoms with Crippen molar-refractivity contribution in [2.24, 2.45) is 0 Å². The van der Waals surface area contributed by atoms with E-state index in [1.807, 2.05) is 45.9 Å². The highest BCUT2D eigenvalue weighted by Crippen LogP contribution is 2.44. The van der Waals surface area contributed by atoms with Crippen LogP contribution in [0.25, 0.3) is 0 Å². The van der Waals surface area contributed by atoms with Gasteiger partial charge in [0.2, 0.25) is 0 Å². The molecule has 1 N–H and O–H groups in total. The molecule has 1 atom stereocenters. The molecule has 0 saturated heterocycles. The number of allylic oxidation sites excluding steroid dienone is 2. The Morgan fingerprint density at radius 3 is 2.47 bits per heavy atom. The number of hydrogen-bond donors (Lipinski definition) is 1. The number of nitriles is 1. The van der Waals surface area contributed by atoms with Crippen molar-refractivity contribution in [1.82, 2.24) is 9.78 Å². The van der Waals surface area contributed by atoms with Gasteiger partial charge in [-0.15, -0.1) is 4.68 Å². The molecular formula is C25H33ClN4O2. The zero-order valence-electron chi connectivity index (χ0n) is 19.8. The second-order valence-corrected chi connectivity index (χ2v) is 8.79. The van der Waals surface area contributed by atoms with Crippen molar-refractivity contribution in [2.75, 3.05) is 5.32 Å². The number of benzene rings is 1. The summed E-state index contributed by atoms with van der Waals surface area (Å²) in [6, 6.07) is 9.79. The van der Waals surface area contributed by atoms with Crippen LogP contribution in [0.5, 0.6) is 0 Å². The zero-order chi connectivity index (χ0) is 23.9. The molecule has 2 heterocycles. The Labute approximate surface area is 196 Å². The number of rotatable bonds is 5. The molecule has 1 unspecified atom stereocenters. The van der Waals surface area contributed by atoms with Gasteiger partial charge in [0.15, 0.2) is 0 Å². The van der Waals surface area contributed by atoms with Crippen molar-refractivity contribution < 1.29 is 9.53 Å². The summed E-state index contributed by atoms with van der Waals surface area (Å²) in [6.45, 7) is 12.0. The summed E-state index contributed by atoms with van der Waals surface area (Å²) in [6.07, 6.45) is 4.50. The first-order valence-corrected chi connectivity index (χ1v) is 11.6. The molecule has 0 aliphatic carbocycles. The summed E-state index contributed by atoms with van der Waals surface area (Å²) in [4.78, 5) is 12.8. The Bertz CT molecular complexity index is 1020. The first-order chi connectivity index (χ1) is 15.2. The number of aromatic nitrogens is 2. The number of carbonyl (C=O) groups is 1. The average Bonchev–Trinajstić information content (AvgIpc) is 3.17. The van der Waals surface area contributed by atoms with E-state index < -0.39 is 17.6 Å². The van der Waals surface area contributed by atoms with E-state index in [2.05, 4.69) is 30.3 Å². The van der Waals surface area contributed by atoms with Gasteiger partial charge in [0, 0.05) is 16.3 Å². The summed E-state index contributed by atoms with van der Waals surface area (Å²) >= 11 is 6.48. The fourth-order valence-electron chi connectivity index (χ4n) is 3.34. The van der Waals surface area contributed by atoms with E-state index in [1.54, 1.807) is 12.3 Å². The predicted octanol–water partition coefficient (Wildman–Crippen LogP) is 7.26. The molecule has 1 aromatic heterocycles. The molecule has 1 aliphatic heterocycles. The molecule has 1 aromatic carbocycles. The van der Waals surface area contributed by atoms with Crippen molar-refractivity contribution in [1.29, 1.82) is 5.26 Å². The number of halogens is 1. The normalized spacial score (nSPS) is 15.1. The maximum Gasteiger partial charge on any atom is 0.437 e. The number of nitrogens with one attached hydrogen (secondary N) is 1. The number of ether oxygens (including phenoxy) is 1. The van der Waals surface area contributed by atoms with Crippen LogP contribution in [-0.4, -0.2) is 21.5 Å². The van der Waals surface area contributed by atoms with Crippen molar-refractivity contribution in [3.63, 3.8) is 0 Å². The molecule has 0 radical (unpaired) electrons. The largest absolute Gasteiger partial charge is 0.442 e. The van der Waals surface area contributed by atoms with Crippen LogP contribution in [0.15, 0.2) is 41.7 Å². The van der Waals surface area contributed by atoms with E-state index in [1.165, 1.54) is 11.1 Å². The van der Waals surface area contributed by atoms with E-state index in [0.29, 0.717) is 29.3 Å². The van der Waals surface area contributed by atoms with Crippen LogP contribution in [0.2, 0.25) is 5.02 Å². The van der Waals surface area contributed by atoms with Gasteiger partial charge in [0.05, 0.1) is 23.8 Å². The average molecular weight is 457 g/mol. The van der Waals surface area contributed by atoms with Gasteiger partial charge in [0.25, 0.3) is 0 Å². The summed E-state index contributed by atoms with van der Waals surface area (Å²) in [5.41, 5.74) is 2.29. The lowest BCUT2D eigenvalue weighted by Gasteiger charge is -2.28. The molecule has 3 rings (SSSR count). The molecule has 0 bridgehead atoms. The van der Waals surface area contributed by atoms with Gasteiger partial charge in [-0.3, -0.25) is 0 Å². The standard InChI is InChI=1S/C22H25ClN4O2.C3H8/c1-5-9-18-15(12-24)19(14-10-7-8-11-17(14)23)16-13-25-27(20(16)26-18)21(28)29-22(3,4)6-2;1-3-2/h7-8,10-11,13,19,26H,5-6,9H2,1-4H3;3H2,1-2H3. The van der Waals surface area contributed by atoms with Gasteiger partial charge in [-0.05, 0) is 38.3 Å².